The molecule has 1 rings (SSSR count). The second-order valence-corrected chi connectivity index (χ2v) is 4.20. The summed E-state index contributed by atoms with van der Waals surface area (Å²) in [6.07, 6.45) is 1.90. The van der Waals surface area contributed by atoms with E-state index in [1.807, 2.05) is 30.3 Å². The van der Waals surface area contributed by atoms with Crippen LogP contribution in [-0.2, 0) is 4.74 Å². The topological polar surface area (TPSA) is 80.3 Å². The molecule has 1 atom stereocenters. The number of rotatable bonds is 9. The van der Waals surface area contributed by atoms with Crippen molar-refractivity contribution in [3.63, 3.8) is 0 Å². The Morgan fingerprint density at radius 2 is 2.32 bits per heavy atom. The molecule has 0 amide bonds. The van der Waals surface area contributed by atoms with E-state index in [9.17, 15) is 0 Å². The number of hydrogen-bond donors (Lipinski definition) is 2. The van der Waals surface area contributed by atoms with E-state index in [2.05, 4.69) is 5.32 Å². The molecule has 5 heteroatoms. The van der Waals surface area contributed by atoms with Gasteiger partial charge >= 0.3 is 0 Å². The third-order valence-corrected chi connectivity index (χ3v) is 2.63. The molecule has 0 aromatic heterocycles. The lowest BCUT2D eigenvalue weighted by Gasteiger charge is -2.19. The molecule has 1 unspecified atom stereocenters. The molecule has 19 heavy (non-hydrogen) atoms. The number of ether oxygens (including phenoxy) is 2. The molecule has 104 valence electrons. The molecule has 0 saturated heterocycles. The monoisotopic (exact) mass is 263 g/mol. The number of nitriles is 1. The van der Waals surface area contributed by atoms with E-state index in [0.29, 0.717) is 18.9 Å². The van der Waals surface area contributed by atoms with Crippen LogP contribution in [0.4, 0.5) is 5.69 Å². The summed E-state index contributed by atoms with van der Waals surface area (Å²) in [5.41, 5.74) is 6.48. The highest BCUT2D eigenvalue weighted by Gasteiger charge is 2.08. The van der Waals surface area contributed by atoms with Gasteiger partial charge in [0.15, 0.2) is 6.61 Å². The van der Waals surface area contributed by atoms with Crippen molar-refractivity contribution in [2.75, 3.05) is 32.2 Å². The zero-order valence-corrected chi connectivity index (χ0v) is 11.3. The van der Waals surface area contributed by atoms with Gasteiger partial charge < -0.3 is 20.5 Å². The average Bonchev–Trinajstić information content (AvgIpc) is 2.43. The van der Waals surface area contributed by atoms with Crippen LogP contribution in [0.5, 0.6) is 5.75 Å². The Morgan fingerprint density at radius 3 is 3.00 bits per heavy atom. The van der Waals surface area contributed by atoms with Crippen LogP contribution < -0.4 is 15.8 Å². The fraction of sp³-hybridized carbons (Fsp3) is 0.500. The summed E-state index contributed by atoms with van der Waals surface area (Å²) in [4.78, 5) is 0. The minimum atomic E-state index is 0.0537. The molecule has 0 fully saturated rings. The zero-order chi connectivity index (χ0) is 13.9. The lowest BCUT2D eigenvalue weighted by Crippen LogP contribution is -2.25. The van der Waals surface area contributed by atoms with Crippen LogP contribution >= 0.6 is 0 Å². The summed E-state index contributed by atoms with van der Waals surface area (Å²) < 4.78 is 10.5. The van der Waals surface area contributed by atoms with Crippen LogP contribution in [0.2, 0.25) is 0 Å². The van der Waals surface area contributed by atoms with Crippen LogP contribution in [0.25, 0.3) is 0 Å². The molecule has 0 aliphatic heterocycles. The quantitative estimate of drug-likeness (QED) is 0.709. The van der Waals surface area contributed by atoms with Gasteiger partial charge in [-0.3, -0.25) is 0 Å². The van der Waals surface area contributed by atoms with Gasteiger partial charge in [-0.1, -0.05) is 6.07 Å². The lowest BCUT2D eigenvalue weighted by atomic mass is 10.1. The van der Waals surface area contributed by atoms with Crippen molar-refractivity contribution in [1.29, 1.82) is 5.26 Å². The summed E-state index contributed by atoms with van der Waals surface area (Å²) in [5.74, 6) is 0.682. The van der Waals surface area contributed by atoms with E-state index in [-0.39, 0.29) is 12.6 Å². The van der Waals surface area contributed by atoms with Crippen LogP contribution in [0.15, 0.2) is 24.3 Å². The molecule has 0 spiro atoms. The minimum Gasteiger partial charge on any atom is -0.479 e. The van der Waals surface area contributed by atoms with Gasteiger partial charge in [0.1, 0.15) is 11.8 Å². The molecule has 3 N–H and O–H groups in total. The number of nitrogens with zero attached hydrogens (tertiary/aromatic N) is 1. The maximum absolute atomic E-state index is 8.49. The second-order valence-electron chi connectivity index (χ2n) is 4.20. The van der Waals surface area contributed by atoms with Gasteiger partial charge in [0.05, 0.1) is 6.61 Å². The van der Waals surface area contributed by atoms with Gasteiger partial charge in [-0.05, 0) is 31.5 Å². The molecular formula is C14H21N3O2. The Labute approximate surface area is 114 Å². The fourth-order valence-corrected chi connectivity index (χ4v) is 1.79. The Hall–Kier alpha value is -1.77. The van der Waals surface area contributed by atoms with Gasteiger partial charge in [0.2, 0.25) is 0 Å². The maximum Gasteiger partial charge on any atom is 0.174 e. The summed E-state index contributed by atoms with van der Waals surface area (Å²) in [7, 11) is 1.68. The molecule has 0 heterocycles. The van der Waals surface area contributed by atoms with Gasteiger partial charge in [-0.2, -0.15) is 5.26 Å². The largest absolute Gasteiger partial charge is 0.479 e. The zero-order valence-electron chi connectivity index (χ0n) is 11.3. The standard InChI is InChI=1S/C14H21N3O2/c1-18-11-13(5-3-7-15)17-12-4-2-6-14(10-12)19-9-8-16/h2,4,6,10,13,17H,3,5,7,9,11,15H2,1H3. The van der Waals surface area contributed by atoms with Crippen LogP contribution in [0, 0.1) is 11.3 Å². The van der Waals surface area contributed by atoms with E-state index in [0.717, 1.165) is 18.5 Å². The first-order valence-corrected chi connectivity index (χ1v) is 6.35. The molecule has 0 aliphatic carbocycles. The Kier molecular flexibility index (Phi) is 7.40. The Morgan fingerprint density at radius 1 is 1.47 bits per heavy atom. The van der Waals surface area contributed by atoms with Gasteiger partial charge in [0.25, 0.3) is 0 Å². The second kappa shape index (κ2) is 9.20. The third kappa shape index (κ3) is 6.09. The smallest absolute Gasteiger partial charge is 0.174 e. The van der Waals surface area contributed by atoms with Gasteiger partial charge in [-0.15, -0.1) is 0 Å². The third-order valence-electron chi connectivity index (χ3n) is 2.63. The van der Waals surface area contributed by atoms with Gasteiger partial charge in [-0.25, -0.2) is 0 Å². The van der Waals surface area contributed by atoms with Crippen molar-refractivity contribution >= 4 is 5.69 Å². The van der Waals surface area contributed by atoms with E-state index in [1.165, 1.54) is 0 Å². The molecule has 1 aromatic carbocycles. The summed E-state index contributed by atoms with van der Waals surface area (Å²) >= 11 is 0. The Bertz CT molecular complexity index is 404. The fourth-order valence-electron chi connectivity index (χ4n) is 1.79. The first-order valence-electron chi connectivity index (χ1n) is 6.35. The van der Waals surface area contributed by atoms with Crippen molar-refractivity contribution < 1.29 is 9.47 Å². The molecule has 0 saturated carbocycles. The van der Waals surface area contributed by atoms with Crippen molar-refractivity contribution in [3.8, 4) is 11.8 Å². The normalized spacial score (nSPS) is 11.6. The first kappa shape index (κ1) is 15.3. The Balaban J connectivity index is 2.59. The predicted octanol–water partition coefficient (Wildman–Crippen LogP) is 1.75. The number of nitrogens with two attached hydrogens (primary N) is 1. The number of benzene rings is 1. The van der Waals surface area contributed by atoms with E-state index < -0.39 is 0 Å². The molecule has 1 aromatic rings. The summed E-state index contributed by atoms with van der Waals surface area (Å²) in [6, 6.07) is 9.73. The highest BCUT2D eigenvalue weighted by atomic mass is 16.5. The van der Waals surface area contributed by atoms with Crippen molar-refractivity contribution in [2.45, 2.75) is 18.9 Å². The van der Waals surface area contributed by atoms with Gasteiger partial charge in [0, 0.05) is 24.9 Å². The number of methoxy groups -OCH3 is 1. The predicted molar refractivity (Wildman–Crippen MR) is 75.1 cm³/mol. The SMILES string of the molecule is COCC(CCCN)Nc1cccc(OCC#N)c1. The van der Waals surface area contributed by atoms with Crippen molar-refractivity contribution in [1.82, 2.24) is 0 Å². The lowest BCUT2D eigenvalue weighted by molar-refractivity contribution is 0.182. The van der Waals surface area contributed by atoms with Crippen LogP contribution in [0.3, 0.4) is 0 Å². The average molecular weight is 263 g/mol. The van der Waals surface area contributed by atoms with Crippen molar-refractivity contribution in [3.05, 3.63) is 24.3 Å². The molecule has 0 aliphatic rings. The maximum atomic E-state index is 8.49. The summed E-state index contributed by atoms with van der Waals surface area (Å²) in [5, 5.41) is 11.9. The number of anilines is 1. The van der Waals surface area contributed by atoms with Crippen molar-refractivity contribution in [2.24, 2.45) is 5.73 Å². The molecule has 5 nitrogen and oxygen atoms in total. The highest BCUT2D eigenvalue weighted by Crippen LogP contribution is 2.18. The first-order chi connectivity index (χ1) is 9.30. The molecule has 0 bridgehead atoms. The van der Waals surface area contributed by atoms with E-state index in [4.69, 9.17) is 20.5 Å². The van der Waals surface area contributed by atoms with Crippen LogP contribution in [0.1, 0.15) is 12.8 Å². The highest BCUT2D eigenvalue weighted by molar-refractivity contribution is 5.48. The van der Waals surface area contributed by atoms with E-state index >= 15 is 0 Å². The summed E-state index contributed by atoms with van der Waals surface area (Å²) in [6.45, 7) is 1.36. The number of nitrogens with one attached hydrogen (secondary N) is 1. The minimum absolute atomic E-state index is 0.0537. The number of hydrogen-bond acceptors (Lipinski definition) is 5. The van der Waals surface area contributed by atoms with Crippen LogP contribution in [-0.4, -0.2) is 32.9 Å². The molecule has 0 radical (unpaired) electrons. The molecular weight excluding hydrogens is 242 g/mol. The van der Waals surface area contributed by atoms with E-state index in [1.54, 1.807) is 7.11 Å².